The van der Waals surface area contributed by atoms with Gasteiger partial charge in [-0.25, -0.2) is 4.98 Å². The van der Waals surface area contributed by atoms with Crippen LogP contribution in [-0.4, -0.2) is 9.55 Å². The van der Waals surface area contributed by atoms with Gasteiger partial charge >= 0.3 is 0 Å². The van der Waals surface area contributed by atoms with Crippen molar-refractivity contribution >= 4 is 44.6 Å². The van der Waals surface area contributed by atoms with Gasteiger partial charge < -0.3 is 4.74 Å². The molecule has 5 heteroatoms. The molecular weight excluding hydrogens is 769 g/mol. The molecule has 4 heterocycles. The fourth-order valence-corrected chi connectivity index (χ4v) is 9.82. The monoisotopic (exact) mass is 821 g/mol. The second-order valence-corrected chi connectivity index (χ2v) is 19.7. The van der Waals surface area contributed by atoms with Gasteiger partial charge in [-0.15, -0.1) is 0 Å². The Balaban J connectivity index is 1.09. The molecule has 0 amide bonds. The number of quaternary nitrogens is 2. The highest BCUT2D eigenvalue weighted by Crippen LogP contribution is 2.76. The molecule has 2 aliphatic heterocycles. The van der Waals surface area contributed by atoms with Crippen molar-refractivity contribution in [1.82, 2.24) is 18.7 Å². The minimum absolute atomic E-state index is 0.0163. The van der Waals surface area contributed by atoms with E-state index in [9.17, 15) is 0 Å². The summed E-state index contributed by atoms with van der Waals surface area (Å²) in [5.74, 6) is 2.46. The van der Waals surface area contributed by atoms with Crippen LogP contribution in [0.25, 0.3) is 49.9 Å². The Morgan fingerprint density at radius 2 is 1.05 bits per heavy atom. The fourth-order valence-electron chi connectivity index (χ4n) is 9.82. The lowest BCUT2D eigenvalue weighted by Gasteiger charge is -2.41. The number of nitrogens with zero attached hydrogens (tertiary/aromatic N) is 4. The Morgan fingerprint density at radius 3 is 1.68 bits per heavy atom. The van der Waals surface area contributed by atoms with Crippen LogP contribution in [0.5, 0.6) is 11.5 Å². The summed E-state index contributed by atoms with van der Waals surface area (Å²) in [6.07, 6.45) is 1.93. The highest BCUT2D eigenvalue weighted by Gasteiger charge is 2.78. The second-order valence-electron chi connectivity index (χ2n) is 19.7. The van der Waals surface area contributed by atoms with Crippen LogP contribution in [0.1, 0.15) is 63.8 Å². The number of rotatable bonds is 7. The summed E-state index contributed by atoms with van der Waals surface area (Å²) in [7, 11) is 0. The van der Waals surface area contributed by atoms with Gasteiger partial charge in [-0.05, 0) is 106 Å². The number of pyridine rings is 1. The number of hydrogen-bond donors (Lipinski definition) is 0. The Morgan fingerprint density at radius 1 is 0.476 bits per heavy atom. The summed E-state index contributed by atoms with van der Waals surface area (Å²) < 4.78 is 10.5. The van der Waals surface area contributed by atoms with Crippen LogP contribution >= 0.6 is 0 Å². The maximum Gasteiger partial charge on any atom is 0.225 e. The molecule has 0 spiro atoms. The van der Waals surface area contributed by atoms with Gasteiger partial charge in [0.15, 0.2) is 18.0 Å². The lowest BCUT2D eigenvalue weighted by molar-refractivity contribution is 0.422. The number of aryl methyl sites for hydroxylation is 2. The molecule has 2 aliphatic rings. The highest BCUT2D eigenvalue weighted by molar-refractivity contribution is 6.09. The number of ether oxygens (including phenoxy) is 1. The van der Waals surface area contributed by atoms with Crippen LogP contribution in [0.3, 0.4) is 0 Å². The normalized spacial score (nSPS) is 17.9. The average molecular weight is 822 g/mol. The lowest BCUT2D eigenvalue weighted by Crippen LogP contribution is -2.46. The smallest absolute Gasteiger partial charge is 0.225 e. The zero-order chi connectivity index (χ0) is 43.5. The van der Waals surface area contributed by atoms with Gasteiger partial charge in [0, 0.05) is 59.4 Å². The van der Waals surface area contributed by atoms with Crippen molar-refractivity contribution in [3.63, 3.8) is 0 Å². The van der Waals surface area contributed by atoms with Gasteiger partial charge in [0.05, 0.1) is 11.0 Å². The topological polar surface area (TPSA) is 27.1 Å². The molecule has 0 bridgehead atoms. The first-order valence-corrected chi connectivity index (χ1v) is 22.1. The largest absolute Gasteiger partial charge is 0.457 e. The van der Waals surface area contributed by atoms with Gasteiger partial charge in [0.2, 0.25) is 11.4 Å². The molecule has 11 rings (SSSR count). The zero-order valence-corrected chi connectivity index (χ0v) is 37.4. The molecule has 1 unspecified atom stereocenters. The van der Waals surface area contributed by atoms with Crippen molar-refractivity contribution in [3.8, 4) is 39.6 Å². The SMILES string of the molecule is Cc1cc2c(cc1C)[N@@+]1(c3cc(-c4ccccc4)cc(C(C)(C)C)c3)[CH-][N+]21c1cc(Oc2ccc3c4ccccc4n(-c4cc(C(C)(C)C)ccn4)c3c2)cc(-c2ccccc2)c1. The highest BCUT2D eigenvalue weighted by atomic mass is 16.5. The molecule has 7 aromatic carbocycles. The number of benzene rings is 7. The van der Waals surface area contributed by atoms with Gasteiger partial charge in [-0.1, -0.05) is 126 Å². The third-order valence-corrected chi connectivity index (χ3v) is 13.5. The first-order valence-electron chi connectivity index (χ1n) is 22.1. The second kappa shape index (κ2) is 13.9. The van der Waals surface area contributed by atoms with E-state index < -0.39 is 0 Å². The van der Waals surface area contributed by atoms with Crippen molar-refractivity contribution in [1.29, 1.82) is 0 Å². The van der Waals surface area contributed by atoms with Crippen LogP contribution in [0.15, 0.2) is 170 Å². The van der Waals surface area contributed by atoms with Gasteiger partial charge in [-0.2, -0.15) is 9.18 Å². The van der Waals surface area contributed by atoms with Crippen LogP contribution in [0.2, 0.25) is 0 Å². The summed E-state index contributed by atoms with van der Waals surface area (Å²) >= 11 is 0. The van der Waals surface area contributed by atoms with E-state index in [4.69, 9.17) is 9.72 Å². The van der Waals surface area contributed by atoms with E-state index in [-0.39, 0.29) is 10.8 Å². The standard InChI is InChI=1S/C58H53N4O/c1-38-27-54-55(28-39(38)2)62(37-61(54,62)46-30-42(40-17-11-9-12-18-40)29-45(33-46)58(6,7)8)47-31-43(41-19-13-10-14-20-41)32-49(35-47)63-48-23-24-51-50-21-15-16-22-52(50)60(53(51)36-48)56-34-44(25-26-59-56)57(3,4)5/h9-37H,1-8H3/q+1/t61-,62?/m0/s1. The summed E-state index contributed by atoms with van der Waals surface area (Å²) in [5.41, 5.74) is 17.0. The molecule has 2 aromatic heterocycles. The minimum atomic E-state index is -0.0487. The molecule has 0 radical (unpaired) electrons. The molecular formula is C58H53N4O+. The van der Waals surface area contributed by atoms with E-state index in [2.05, 4.69) is 230 Å². The molecule has 0 aliphatic carbocycles. The van der Waals surface area contributed by atoms with E-state index in [1.807, 2.05) is 6.20 Å². The van der Waals surface area contributed by atoms with Gasteiger partial charge in [0.25, 0.3) is 0 Å². The fraction of sp³-hybridized carbons (Fsp3) is 0.172. The zero-order valence-electron chi connectivity index (χ0n) is 37.4. The third kappa shape index (κ3) is 6.09. The molecule has 0 saturated carbocycles. The molecule has 63 heavy (non-hydrogen) atoms. The van der Waals surface area contributed by atoms with E-state index in [0.29, 0.717) is 9.18 Å². The Hall–Kier alpha value is -6.79. The van der Waals surface area contributed by atoms with E-state index in [1.54, 1.807) is 0 Å². The van der Waals surface area contributed by atoms with Crippen molar-refractivity contribution in [2.75, 3.05) is 0 Å². The molecule has 0 N–H and O–H groups in total. The Labute approximate surface area is 371 Å². The minimum Gasteiger partial charge on any atom is -0.457 e. The summed E-state index contributed by atoms with van der Waals surface area (Å²) in [5, 5.41) is 2.35. The molecule has 9 aromatic rings. The average Bonchev–Trinajstić information content (AvgIpc) is 3.79. The quantitative estimate of drug-likeness (QED) is 0.0910. The maximum atomic E-state index is 7.08. The molecule has 1 fully saturated rings. The summed E-state index contributed by atoms with van der Waals surface area (Å²) in [4.78, 5) is 4.93. The van der Waals surface area contributed by atoms with E-state index >= 15 is 0 Å². The predicted molar refractivity (Wildman–Crippen MR) is 263 cm³/mol. The van der Waals surface area contributed by atoms with Gasteiger partial charge in [-0.3, -0.25) is 4.57 Å². The number of para-hydroxylation sites is 1. The third-order valence-electron chi connectivity index (χ3n) is 13.5. The molecule has 1 saturated heterocycles. The van der Waals surface area contributed by atoms with Crippen molar-refractivity contribution in [2.24, 2.45) is 0 Å². The van der Waals surface area contributed by atoms with Crippen LogP contribution in [0.4, 0.5) is 22.7 Å². The Bertz CT molecular complexity index is 3280. The maximum absolute atomic E-state index is 7.08. The number of fused-ring (bicyclic) bond motifs is 7. The molecule has 5 nitrogen and oxygen atoms in total. The summed E-state index contributed by atoms with van der Waals surface area (Å²) in [6, 6.07) is 59.8. The van der Waals surface area contributed by atoms with E-state index in [1.165, 1.54) is 55.8 Å². The van der Waals surface area contributed by atoms with Crippen LogP contribution in [-0.2, 0) is 10.8 Å². The first-order chi connectivity index (χ1) is 30.2. The summed E-state index contributed by atoms with van der Waals surface area (Å²) in [6.45, 7) is 20.7. The van der Waals surface area contributed by atoms with Crippen molar-refractivity contribution in [2.45, 2.75) is 66.2 Å². The molecule has 2 atom stereocenters. The van der Waals surface area contributed by atoms with E-state index in [0.717, 1.165) is 50.6 Å². The first kappa shape index (κ1) is 39.1. The van der Waals surface area contributed by atoms with Crippen LogP contribution < -0.4 is 13.9 Å². The number of hydrogen-bond acceptors (Lipinski definition) is 2. The molecule has 310 valence electrons. The van der Waals surface area contributed by atoms with Crippen molar-refractivity contribution < 1.29 is 4.74 Å². The van der Waals surface area contributed by atoms with Crippen LogP contribution in [0, 0.1) is 20.5 Å². The number of aromatic nitrogens is 2. The van der Waals surface area contributed by atoms with Gasteiger partial charge in [0.1, 0.15) is 17.3 Å². The van der Waals surface area contributed by atoms with Crippen molar-refractivity contribution in [3.05, 3.63) is 199 Å². The predicted octanol–water partition coefficient (Wildman–Crippen LogP) is 15.9. The Kier molecular flexibility index (Phi) is 8.60. The lowest BCUT2D eigenvalue weighted by atomic mass is 9.84.